The van der Waals surface area contributed by atoms with Gasteiger partial charge in [-0.15, -0.1) is 0 Å². The molecule has 0 aliphatic carbocycles. The van der Waals surface area contributed by atoms with Gasteiger partial charge in [-0.05, 0) is 41.5 Å². The van der Waals surface area contributed by atoms with E-state index in [9.17, 15) is 4.79 Å². The second-order valence-electron chi connectivity index (χ2n) is 4.29. The Balaban J connectivity index is 1.90. The molecule has 6 heteroatoms. The Bertz CT molecular complexity index is 725. The van der Waals surface area contributed by atoms with Crippen LogP contribution in [0.2, 0.25) is 15.1 Å². The van der Waals surface area contributed by atoms with Crippen LogP contribution in [-0.4, -0.2) is 12.1 Å². The molecule has 22 heavy (non-hydrogen) atoms. The average Bonchev–Trinajstić information content (AvgIpc) is 2.50. The third-order valence-corrected chi connectivity index (χ3v) is 3.62. The summed E-state index contributed by atoms with van der Waals surface area (Å²) in [7, 11) is 0. The first-order chi connectivity index (χ1) is 10.5. The minimum atomic E-state index is -0.341. The Morgan fingerprint density at radius 2 is 1.64 bits per heavy atom. The largest absolute Gasteiger partial charge is 0.268 e. The van der Waals surface area contributed by atoms with Gasteiger partial charge >= 0.3 is 0 Å². The Labute approximate surface area is 143 Å². The lowest BCUT2D eigenvalue weighted by Crippen LogP contribution is -2.14. The molecular formula is C16H11Cl3N2O. The number of halogens is 3. The van der Waals surface area contributed by atoms with Crippen molar-refractivity contribution in [1.82, 2.24) is 5.43 Å². The van der Waals surface area contributed by atoms with Gasteiger partial charge in [-0.2, -0.15) is 5.10 Å². The molecule has 0 aliphatic heterocycles. The van der Waals surface area contributed by atoms with Crippen LogP contribution in [0.15, 0.2) is 53.6 Å². The predicted octanol–water partition coefficient (Wildman–Crippen LogP) is 4.81. The molecule has 1 amide bonds. The van der Waals surface area contributed by atoms with Crippen LogP contribution in [0.1, 0.15) is 11.1 Å². The maximum atomic E-state index is 11.6. The molecule has 0 aromatic heterocycles. The summed E-state index contributed by atoms with van der Waals surface area (Å²) in [6, 6.07) is 12.2. The molecule has 0 atom stereocenters. The van der Waals surface area contributed by atoms with Crippen LogP contribution in [-0.2, 0) is 4.79 Å². The number of carbonyl (C=O) groups excluding carboxylic acids is 1. The summed E-state index contributed by atoms with van der Waals surface area (Å²) in [4.78, 5) is 11.6. The number of hydrogen-bond donors (Lipinski definition) is 1. The molecule has 3 nitrogen and oxygen atoms in total. The molecular weight excluding hydrogens is 343 g/mol. The fourth-order valence-electron chi connectivity index (χ4n) is 1.55. The third kappa shape index (κ3) is 5.19. The van der Waals surface area contributed by atoms with Crippen LogP contribution in [0.4, 0.5) is 0 Å². The molecule has 0 radical (unpaired) electrons. The smallest absolute Gasteiger partial charge is 0.264 e. The normalized spacial score (nSPS) is 11.2. The zero-order valence-corrected chi connectivity index (χ0v) is 13.5. The number of carbonyl (C=O) groups is 1. The van der Waals surface area contributed by atoms with Crippen molar-refractivity contribution in [2.45, 2.75) is 0 Å². The van der Waals surface area contributed by atoms with Crippen molar-refractivity contribution in [3.8, 4) is 0 Å². The zero-order chi connectivity index (χ0) is 15.9. The van der Waals surface area contributed by atoms with E-state index in [2.05, 4.69) is 10.5 Å². The fourth-order valence-corrected chi connectivity index (χ4v) is 1.98. The number of nitrogens with one attached hydrogen (secondary N) is 1. The Morgan fingerprint density at radius 3 is 2.32 bits per heavy atom. The van der Waals surface area contributed by atoms with Gasteiger partial charge in [-0.1, -0.05) is 53.0 Å². The van der Waals surface area contributed by atoms with E-state index < -0.39 is 0 Å². The first-order valence-electron chi connectivity index (χ1n) is 6.26. The summed E-state index contributed by atoms with van der Waals surface area (Å²) in [5, 5.41) is 5.38. The van der Waals surface area contributed by atoms with Crippen molar-refractivity contribution in [3.05, 3.63) is 74.7 Å². The predicted molar refractivity (Wildman–Crippen MR) is 92.7 cm³/mol. The van der Waals surface area contributed by atoms with Gasteiger partial charge in [0.1, 0.15) is 0 Å². The number of rotatable bonds is 4. The molecule has 0 unspecified atom stereocenters. The number of hydrazone groups is 1. The molecule has 0 saturated heterocycles. The van der Waals surface area contributed by atoms with Crippen LogP contribution >= 0.6 is 34.8 Å². The Kier molecular flexibility index (Phi) is 6.01. The summed E-state index contributed by atoms with van der Waals surface area (Å²) in [5.41, 5.74) is 3.99. The van der Waals surface area contributed by atoms with Crippen LogP contribution in [0.5, 0.6) is 0 Å². The Morgan fingerprint density at radius 1 is 0.955 bits per heavy atom. The fraction of sp³-hybridized carbons (Fsp3) is 0. The van der Waals surface area contributed by atoms with Crippen molar-refractivity contribution in [3.63, 3.8) is 0 Å². The van der Waals surface area contributed by atoms with Gasteiger partial charge in [0.15, 0.2) is 0 Å². The maximum Gasteiger partial charge on any atom is 0.264 e. The number of amides is 1. The Hall–Kier alpha value is -1.81. The van der Waals surface area contributed by atoms with Crippen molar-refractivity contribution in [2.24, 2.45) is 5.10 Å². The summed E-state index contributed by atoms with van der Waals surface area (Å²) in [6.07, 6.45) is 4.53. The molecule has 112 valence electrons. The lowest BCUT2D eigenvalue weighted by Gasteiger charge is -1.97. The highest BCUT2D eigenvalue weighted by atomic mass is 35.5. The molecule has 0 saturated carbocycles. The van der Waals surface area contributed by atoms with Gasteiger partial charge in [0.05, 0.1) is 16.3 Å². The van der Waals surface area contributed by atoms with Crippen LogP contribution in [0, 0.1) is 0 Å². The highest BCUT2D eigenvalue weighted by molar-refractivity contribution is 6.42. The van der Waals surface area contributed by atoms with Crippen LogP contribution < -0.4 is 5.43 Å². The second kappa shape index (κ2) is 7.99. The molecule has 0 bridgehead atoms. The van der Waals surface area contributed by atoms with E-state index in [-0.39, 0.29) is 5.91 Å². The number of benzene rings is 2. The quantitative estimate of drug-likeness (QED) is 0.478. The molecule has 0 heterocycles. The van der Waals surface area contributed by atoms with Gasteiger partial charge in [-0.25, -0.2) is 5.43 Å². The van der Waals surface area contributed by atoms with E-state index in [1.807, 2.05) is 12.1 Å². The van der Waals surface area contributed by atoms with Gasteiger partial charge in [0.2, 0.25) is 0 Å². The first kappa shape index (κ1) is 16.6. The third-order valence-electron chi connectivity index (χ3n) is 2.63. The highest BCUT2D eigenvalue weighted by Crippen LogP contribution is 2.21. The number of nitrogens with zero attached hydrogens (tertiary/aromatic N) is 1. The molecule has 2 aromatic rings. The lowest BCUT2D eigenvalue weighted by atomic mass is 10.2. The minimum absolute atomic E-state index is 0.341. The topological polar surface area (TPSA) is 41.5 Å². The van der Waals surface area contributed by atoms with Gasteiger partial charge < -0.3 is 0 Å². The minimum Gasteiger partial charge on any atom is -0.268 e. The van der Waals surface area contributed by atoms with E-state index in [0.717, 1.165) is 11.1 Å². The number of hydrogen-bond acceptors (Lipinski definition) is 2. The van der Waals surface area contributed by atoms with E-state index in [1.165, 1.54) is 12.3 Å². The molecule has 0 aliphatic rings. The van der Waals surface area contributed by atoms with E-state index in [4.69, 9.17) is 34.8 Å². The van der Waals surface area contributed by atoms with E-state index in [0.29, 0.717) is 15.1 Å². The van der Waals surface area contributed by atoms with Gasteiger partial charge in [0.25, 0.3) is 5.91 Å². The first-order valence-corrected chi connectivity index (χ1v) is 7.40. The van der Waals surface area contributed by atoms with Crippen LogP contribution in [0.3, 0.4) is 0 Å². The van der Waals surface area contributed by atoms with Crippen molar-refractivity contribution in [1.29, 1.82) is 0 Å². The van der Waals surface area contributed by atoms with Gasteiger partial charge in [0, 0.05) is 11.1 Å². The summed E-state index contributed by atoms with van der Waals surface area (Å²) in [6.45, 7) is 0. The molecule has 2 aromatic carbocycles. The zero-order valence-electron chi connectivity index (χ0n) is 11.3. The lowest BCUT2D eigenvalue weighted by molar-refractivity contribution is -0.116. The second-order valence-corrected chi connectivity index (χ2v) is 5.54. The van der Waals surface area contributed by atoms with Crippen molar-refractivity contribution < 1.29 is 4.79 Å². The standard InChI is InChI=1S/C16H11Cl3N2O/c17-13-5-1-11(2-6-13)4-8-16(22)21-20-10-12-3-7-14(18)15(19)9-12/h1-10H,(H,21,22)/b8-4+,20-10-. The molecule has 1 N–H and O–H groups in total. The van der Waals surface area contributed by atoms with E-state index >= 15 is 0 Å². The molecule has 0 fully saturated rings. The monoisotopic (exact) mass is 352 g/mol. The highest BCUT2D eigenvalue weighted by Gasteiger charge is 1.97. The van der Waals surface area contributed by atoms with Crippen molar-refractivity contribution >= 4 is 53.0 Å². The summed E-state index contributed by atoms with van der Waals surface area (Å²) in [5.74, 6) is -0.341. The maximum absolute atomic E-state index is 11.6. The molecule has 2 rings (SSSR count). The SMILES string of the molecule is O=C(/C=C/c1ccc(Cl)cc1)N/N=C\c1ccc(Cl)c(Cl)c1. The van der Waals surface area contributed by atoms with E-state index in [1.54, 1.807) is 36.4 Å². The summed E-state index contributed by atoms with van der Waals surface area (Å²) >= 11 is 17.5. The summed E-state index contributed by atoms with van der Waals surface area (Å²) < 4.78 is 0. The average molecular weight is 354 g/mol. The van der Waals surface area contributed by atoms with Crippen molar-refractivity contribution in [2.75, 3.05) is 0 Å². The van der Waals surface area contributed by atoms with Gasteiger partial charge in [-0.3, -0.25) is 4.79 Å². The molecule has 0 spiro atoms. The van der Waals surface area contributed by atoms with Crippen LogP contribution in [0.25, 0.3) is 6.08 Å².